The smallest absolute Gasteiger partial charge is 0.120 e. The number of ether oxygens (including phenoxy) is 1. The van der Waals surface area contributed by atoms with Crippen molar-refractivity contribution >= 4 is 11.5 Å². The maximum atomic E-state index is 5.29. The van der Waals surface area contributed by atoms with Gasteiger partial charge in [-0.1, -0.05) is 6.07 Å². The highest BCUT2D eigenvalue weighted by Gasteiger charge is 2.21. The molecule has 3 rings (SSSR count). The van der Waals surface area contributed by atoms with Gasteiger partial charge in [0, 0.05) is 24.8 Å². The number of rotatable bonds is 3. The van der Waals surface area contributed by atoms with Crippen molar-refractivity contribution in [1.29, 1.82) is 0 Å². The number of aliphatic imine (C=N–C) groups is 1. The predicted molar refractivity (Wildman–Crippen MR) is 69.2 cm³/mol. The van der Waals surface area contributed by atoms with Crippen LogP contribution in [0.5, 0.6) is 5.75 Å². The Morgan fingerprint density at radius 2 is 2.41 bits per heavy atom. The molecule has 0 amide bonds. The van der Waals surface area contributed by atoms with Gasteiger partial charge in [-0.05, 0) is 18.1 Å². The van der Waals surface area contributed by atoms with Crippen LogP contribution >= 0.6 is 0 Å². The Morgan fingerprint density at radius 3 is 3.18 bits per heavy atom. The highest BCUT2D eigenvalue weighted by Crippen LogP contribution is 2.31. The molecule has 17 heavy (non-hydrogen) atoms. The maximum Gasteiger partial charge on any atom is 0.120 e. The molecule has 0 saturated carbocycles. The molecule has 4 nitrogen and oxygen atoms in total. The second-order valence-corrected chi connectivity index (χ2v) is 4.42. The second kappa shape index (κ2) is 4.28. The van der Waals surface area contributed by atoms with Gasteiger partial charge in [0.15, 0.2) is 0 Å². The summed E-state index contributed by atoms with van der Waals surface area (Å²) in [4.78, 5) is 6.82. The van der Waals surface area contributed by atoms with Crippen molar-refractivity contribution in [3.8, 4) is 5.75 Å². The van der Waals surface area contributed by atoms with E-state index in [0.29, 0.717) is 0 Å². The first-order chi connectivity index (χ1) is 8.36. The Hall–Kier alpha value is -1.71. The molecule has 1 aromatic carbocycles. The summed E-state index contributed by atoms with van der Waals surface area (Å²) in [5.41, 5.74) is 2.70. The number of fused-ring (bicyclic) bond motifs is 1. The van der Waals surface area contributed by atoms with Crippen LogP contribution in [0.2, 0.25) is 0 Å². The van der Waals surface area contributed by atoms with E-state index in [4.69, 9.17) is 4.74 Å². The number of hydrogen-bond donors (Lipinski definition) is 1. The van der Waals surface area contributed by atoms with Gasteiger partial charge in [-0.3, -0.25) is 4.99 Å². The average molecular weight is 231 g/mol. The van der Waals surface area contributed by atoms with Gasteiger partial charge in [-0.25, -0.2) is 0 Å². The summed E-state index contributed by atoms with van der Waals surface area (Å²) in [6.45, 7) is 3.85. The summed E-state index contributed by atoms with van der Waals surface area (Å²) in [6, 6.07) is 6.32. The number of methoxy groups -OCH3 is 1. The Bertz CT molecular complexity index is 456. The highest BCUT2D eigenvalue weighted by molar-refractivity contribution is 5.88. The van der Waals surface area contributed by atoms with E-state index in [1.807, 2.05) is 6.07 Å². The first kappa shape index (κ1) is 10.4. The minimum atomic E-state index is 0.889. The van der Waals surface area contributed by atoms with Crippen molar-refractivity contribution in [2.45, 2.75) is 6.42 Å². The van der Waals surface area contributed by atoms with Crippen molar-refractivity contribution in [1.82, 2.24) is 5.32 Å². The monoisotopic (exact) mass is 231 g/mol. The van der Waals surface area contributed by atoms with Gasteiger partial charge in [0.05, 0.1) is 20.2 Å². The van der Waals surface area contributed by atoms with E-state index in [-0.39, 0.29) is 0 Å². The van der Waals surface area contributed by atoms with Crippen molar-refractivity contribution in [2.24, 2.45) is 4.99 Å². The van der Waals surface area contributed by atoms with Gasteiger partial charge in [-0.2, -0.15) is 0 Å². The van der Waals surface area contributed by atoms with E-state index >= 15 is 0 Å². The molecule has 2 aliphatic rings. The number of nitrogens with one attached hydrogen (secondary N) is 1. The van der Waals surface area contributed by atoms with Crippen LogP contribution in [0.15, 0.2) is 23.2 Å². The first-order valence-corrected chi connectivity index (χ1v) is 6.06. The molecule has 0 aromatic heterocycles. The zero-order valence-corrected chi connectivity index (χ0v) is 10.1. The largest absolute Gasteiger partial charge is 0.497 e. The Morgan fingerprint density at radius 1 is 1.47 bits per heavy atom. The third-order valence-electron chi connectivity index (χ3n) is 3.37. The van der Waals surface area contributed by atoms with Gasteiger partial charge in [0.2, 0.25) is 0 Å². The predicted octanol–water partition coefficient (Wildman–Crippen LogP) is 1.06. The maximum absolute atomic E-state index is 5.29. The van der Waals surface area contributed by atoms with Crippen LogP contribution in [0.1, 0.15) is 5.56 Å². The number of hydrogen-bond acceptors (Lipinski definition) is 4. The van der Waals surface area contributed by atoms with Gasteiger partial charge in [0.25, 0.3) is 0 Å². The molecule has 0 spiro atoms. The molecular formula is C13H17N3O. The number of benzene rings is 1. The van der Waals surface area contributed by atoms with Crippen LogP contribution < -0.4 is 15.0 Å². The molecule has 4 heteroatoms. The normalized spacial score (nSPS) is 17.7. The average Bonchev–Trinajstić information content (AvgIpc) is 2.99. The van der Waals surface area contributed by atoms with E-state index in [9.17, 15) is 0 Å². The van der Waals surface area contributed by atoms with Crippen LogP contribution in [-0.2, 0) is 6.42 Å². The number of nitrogens with zero attached hydrogens (tertiary/aromatic N) is 2. The summed E-state index contributed by atoms with van der Waals surface area (Å²) in [5.74, 6) is 2.04. The number of anilines is 1. The topological polar surface area (TPSA) is 36.9 Å². The summed E-state index contributed by atoms with van der Waals surface area (Å²) < 4.78 is 5.29. The molecule has 90 valence electrons. The van der Waals surface area contributed by atoms with Gasteiger partial charge in [-0.15, -0.1) is 0 Å². The molecule has 0 unspecified atom stereocenters. The fourth-order valence-electron chi connectivity index (χ4n) is 2.45. The zero-order chi connectivity index (χ0) is 11.7. The summed E-state index contributed by atoms with van der Waals surface area (Å²) >= 11 is 0. The summed E-state index contributed by atoms with van der Waals surface area (Å²) in [5, 5.41) is 3.32. The van der Waals surface area contributed by atoms with E-state index in [1.54, 1.807) is 7.11 Å². The zero-order valence-electron chi connectivity index (χ0n) is 10.1. The lowest BCUT2D eigenvalue weighted by molar-refractivity contribution is 0.415. The molecule has 2 aliphatic heterocycles. The van der Waals surface area contributed by atoms with Crippen molar-refractivity contribution < 1.29 is 4.74 Å². The Balaban J connectivity index is 1.81. The fourth-order valence-corrected chi connectivity index (χ4v) is 2.45. The van der Waals surface area contributed by atoms with Crippen LogP contribution in [0, 0.1) is 0 Å². The summed E-state index contributed by atoms with van der Waals surface area (Å²) in [7, 11) is 1.71. The van der Waals surface area contributed by atoms with E-state index in [0.717, 1.165) is 44.2 Å². The van der Waals surface area contributed by atoms with Crippen LogP contribution in [0.3, 0.4) is 0 Å². The van der Waals surface area contributed by atoms with Crippen LogP contribution in [-0.4, -0.2) is 39.1 Å². The second-order valence-electron chi connectivity index (χ2n) is 4.42. The van der Waals surface area contributed by atoms with E-state index in [2.05, 4.69) is 27.3 Å². The molecule has 0 fully saturated rings. The van der Waals surface area contributed by atoms with Crippen molar-refractivity contribution in [3.63, 3.8) is 0 Å². The Labute approximate surface area is 101 Å². The van der Waals surface area contributed by atoms with Gasteiger partial charge >= 0.3 is 0 Å². The third kappa shape index (κ3) is 1.95. The quantitative estimate of drug-likeness (QED) is 0.845. The molecule has 0 saturated heterocycles. The third-order valence-corrected chi connectivity index (χ3v) is 3.37. The summed E-state index contributed by atoms with van der Waals surface area (Å²) in [6.07, 6.45) is 1.12. The molecule has 0 bridgehead atoms. The van der Waals surface area contributed by atoms with Crippen molar-refractivity contribution in [3.05, 3.63) is 23.8 Å². The lowest BCUT2D eigenvalue weighted by Gasteiger charge is -2.19. The number of amidine groups is 1. The molecule has 0 radical (unpaired) electrons. The molecule has 0 aliphatic carbocycles. The van der Waals surface area contributed by atoms with Crippen LogP contribution in [0.25, 0.3) is 0 Å². The minimum absolute atomic E-state index is 0.889. The molecule has 2 heterocycles. The van der Waals surface area contributed by atoms with Crippen molar-refractivity contribution in [2.75, 3.05) is 38.2 Å². The lowest BCUT2D eigenvalue weighted by atomic mass is 10.1. The lowest BCUT2D eigenvalue weighted by Crippen LogP contribution is -2.34. The standard InChI is InChI=1S/C13H17N3O/c1-17-11-3-2-10-4-7-16(12(10)8-11)9-13-14-5-6-15-13/h2-3,8H,4-7,9H2,1H3,(H,14,15). The first-order valence-electron chi connectivity index (χ1n) is 6.06. The van der Waals surface area contributed by atoms with E-state index in [1.165, 1.54) is 11.3 Å². The van der Waals surface area contributed by atoms with Gasteiger partial charge in [0.1, 0.15) is 11.6 Å². The van der Waals surface area contributed by atoms with E-state index < -0.39 is 0 Å². The SMILES string of the molecule is COc1ccc2c(c1)N(CC1=NCCN1)CC2. The Kier molecular flexibility index (Phi) is 2.63. The minimum Gasteiger partial charge on any atom is -0.497 e. The molecular weight excluding hydrogens is 214 g/mol. The molecule has 1 N–H and O–H groups in total. The van der Waals surface area contributed by atoms with Gasteiger partial charge < -0.3 is 15.0 Å². The highest BCUT2D eigenvalue weighted by atomic mass is 16.5. The molecule has 1 aromatic rings. The van der Waals surface area contributed by atoms with Crippen LogP contribution in [0.4, 0.5) is 5.69 Å². The fraction of sp³-hybridized carbons (Fsp3) is 0.462. The molecule has 0 atom stereocenters.